The number of carbonyl (C=O) groups excluding carboxylic acids is 2. The van der Waals surface area contributed by atoms with Gasteiger partial charge in [-0.1, -0.05) is 42.5 Å². The Morgan fingerprint density at radius 2 is 1.82 bits per heavy atom. The normalized spacial score (nSPS) is 21.8. The number of benzene rings is 2. The van der Waals surface area contributed by atoms with Crippen molar-refractivity contribution in [3.8, 4) is 5.75 Å². The van der Waals surface area contributed by atoms with Crippen molar-refractivity contribution in [3.05, 3.63) is 65.7 Å². The number of hydrogen-bond donors (Lipinski definition) is 2. The van der Waals surface area contributed by atoms with Gasteiger partial charge in [0.05, 0.1) is 11.0 Å². The molecule has 0 bridgehead atoms. The van der Waals surface area contributed by atoms with Gasteiger partial charge >= 0.3 is 6.03 Å². The standard InChI is InChI=1S/C27H27N3O3S/c1-3-28-25(32)29-23-22(18-9-5-7-11-21(18)34-23)24(31)30-14-12-27(13-15-30)26(2)16-19(26)17-8-4-6-10-20(17)33-27/h4-11,16H,3,12-15H2,1-2H3,(H2,28,29,32). The molecule has 34 heavy (non-hydrogen) atoms. The second-order valence-corrected chi connectivity index (χ2v) is 10.5. The van der Waals surface area contributed by atoms with E-state index in [1.165, 1.54) is 22.5 Å². The topological polar surface area (TPSA) is 70.7 Å². The van der Waals surface area contributed by atoms with Gasteiger partial charge in [0, 0.05) is 48.1 Å². The fraction of sp³-hybridized carbons (Fsp3) is 0.333. The molecule has 2 N–H and O–H groups in total. The summed E-state index contributed by atoms with van der Waals surface area (Å²) >= 11 is 1.44. The van der Waals surface area contributed by atoms with Crippen LogP contribution in [0.15, 0.2) is 54.6 Å². The lowest BCUT2D eigenvalue weighted by Gasteiger charge is -2.49. The Kier molecular flexibility index (Phi) is 4.74. The van der Waals surface area contributed by atoms with E-state index in [4.69, 9.17) is 4.74 Å². The van der Waals surface area contributed by atoms with Crippen molar-refractivity contribution in [3.63, 3.8) is 0 Å². The van der Waals surface area contributed by atoms with Crippen LogP contribution in [0.3, 0.4) is 0 Å². The van der Waals surface area contributed by atoms with Crippen LogP contribution < -0.4 is 15.4 Å². The van der Waals surface area contributed by atoms with Crippen molar-refractivity contribution in [2.45, 2.75) is 32.3 Å². The highest BCUT2D eigenvalue weighted by molar-refractivity contribution is 7.23. The van der Waals surface area contributed by atoms with E-state index in [0.717, 1.165) is 28.7 Å². The molecule has 1 atom stereocenters. The quantitative estimate of drug-likeness (QED) is 0.527. The summed E-state index contributed by atoms with van der Waals surface area (Å²) in [7, 11) is 0. The second-order valence-electron chi connectivity index (χ2n) is 9.43. The zero-order valence-corrected chi connectivity index (χ0v) is 20.1. The average Bonchev–Trinajstić information content (AvgIpc) is 3.43. The molecule has 1 saturated heterocycles. The van der Waals surface area contributed by atoms with Gasteiger partial charge in [-0.05, 0) is 31.6 Å². The van der Waals surface area contributed by atoms with E-state index in [9.17, 15) is 9.59 Å². The summed E-state index contributed by atoms with van der Waals surface area (Å²) in [6, 6.07) is 15.8. The van der Waals surface area contributed by atoms with E-state index in [1.54, 1.807) is 0 Å². The molecule has 1 unspecified atom stereocenters. The first kappa shape index (κ1) is 21.2. The van der Waals surface area contributed by atoms with Crippen LogP contribution in [0, 0.1) is 5.41 Å². The molecule has 6 nitrogen and oxygen atoms in total. The molecule has 2 aromatic carbocycles. The molecule has 1 spiro atoms. The first-order valence-electron chi connectivity index (χ1n) is 11.8. The van der Waals surface area contributed by atoms with Crippen molar-refractivity contribution in [1.82, 2.24) is 10.2 Å². The zero-order chi connectivity index (χ0) is 23.5. The SMILES string of the molecule is CCNC(=O)Nc1sc2ccccc2c1C(=O)N1CCC2(CC1)Oc1ccccc1C1=CC12C. The number of likely N-dealkylation sites (tertiary alicyclic amines) is 1. The van der Waals surface area contributed by atoms with Crippen molar-refractivity contribution >= 4 is 43.9 Å². The van der Waals surface area contributed by atoms with Crippen LogP contribution in [-0.2, 0) is 0 Å². The summed E-state index contributed by atoms with van der Waals surface area (Å²) in [5, 5.41) is 7.13. The molecule has 3 amide bonds. The van der Waals surface area contributed by atoms with Crippen molar-refractivity contribution in [2.24, 2.45) is 5.41 Å². The summed E-state index contributed by atoms with van der Waals surface area (Å²) in [4.78, 5) is 28.0. The number of fused-ring (bicyclic) bond motifs is 5. The van der Waals surface area contributed by atoms with E-state index in [-0.39, 0.29) is 23.0 Å². The number of anilines is 1. The molecule has 1 aliphatic carbocycles. The maximum absolute atomic E-state index is 13.8. The number of thiophene rings is 1. The Morgan fingerprint density at radius 3 is 2.62 bits per heavy atom. The van der Waals surface area contributed by atoms with Crippen LogP contribution in [0.25, 0.3) is 15.7 Å². The molecular weight excluding hydrogens is 446 g/mol. The highest BCUT2D eigenvalue weighted by atomic mass is 32.1. The molecule has 7 heteroatoms. The third-order valence-corrected chi connectivity index (χ3v) is 8.66. The number of nitrogens with one attached hydrogen (secondary N) is 2. The number of rotatable bonds is 3. The number of amides is 3. The van der Waals surface area contributed by atoms with Gasteiger partial charge in [0.15, 0.2) is 0 Å². The number of hydrogen-bond acceptors (Lipinski definition) is 4. The number of nitrogens with zero attached hydrogens (tertiary/aromatic N) is 1. The number of carbonyl (C=O) groups is 2. The van der Waals surface area contributed by atoms with E-state index in [0.29, 0.717) is 30.2 Å². The molecule has 0 radical (unpaired) electrons. The van der Waals surface area contributed by atoms with Crippen molar-refractivity contribution in [1.29, 1.82) is 0 Å². The fourth-order valence-corrected chi connectivity index (χ4v) is 6.68. The van der Waals surface area contributed by atoms with Gasteiger partial charge in [-0.2, -0.15) is 0 Å². The predicted octanol–water partition coefficient (Wildman–Crippen LogP) is 5.51. The lowest BCUT2D eigenvalue weighted by Crippen LogP contribution is -2.56. The lowest BCUT2D eigenvalue weighted by molar-refractivity contribution is -0.0391. The predicted molar refractivity (Wildman–Crippen MR) is 136 cm³/mol. The Bertz CT molecular complexity index is 1350. The van der Waals surface area contributed by atoms with Gasteiger partial charge in [-0.3, -0.25) is 10.1 Å². The average molecular weight is 474 g/mol. The van der Waals surface area contributed by atoms with Gasteiger partial charge in [0.25, 0.3) is 5.91 Å². The monoisotopic (exact) mass is 473 g/mol. The molecule has 2 aliphatic heterocycles. The van der Waals surface area contributed by atoms with Crippen LogP contribution in [-0.4, -0.2) is 42.1 Å². The van der Waals surface area contributed by atoms with Gasteiger partial charge in [0.2, 0.25) is 0 Å². The zero-order valence-electron chi connectivity index (χ0n) is 19.3. The Morgan fingerprint density at radius 1 is 1.09 bits per heavy atom. The summed E-state index contributed by atoms with van der Waals surface area (Å²) in [6.07, 6.45) is 3.87. The second kappa shape index (κ2) is 7.60. The Labute approximate surface area is 202 Å². The molecule has 3 aromatic rings. The molecule has 1 fully saturated rings. The minimum absolute atomic E-state index is 0.0376. The summed E-state index contributed by atoms with van der Waals surface area (Å²) < 4.78 is 7.64. The van der Waals surface area contributed by atoms with Gasteiger partial charge < -0.3 is 15.0 Å². The minimum atomic E-state index is -0.313. The maximum Gasteiger partial charge on any atom is 0.319 e. The summed E-state index contributed by atoms with van der Waals surface area (Å²) in [5.74, 6) is 0.908. The molecular formula is C27H27N3O3S. The Balaban J connectivity index is 1.26. The maximum atomic E-state index is 13.8. The van der Waals surface area contributed by atoms with E-state index in [2.05, 4.69) is 35.8 Å². The van der Waals surface area contributed by atoms with Crippen molar-refractivity contribution < 1.29 is 14.3 Å². The Hall–Kier alpha value is -3.32. The molecule has 3 heterocycles. The first-order valence-corrected chi connectivity index (χ1v) is 12.6. The van der Waals surface area contributed by atoms with Crippen LogP contribution in [0.5, 0.6) is 5.75 Å². The lowest BCUT2D eigenvalue weighted by atomic mass is 9.72. The molecule has 6 rings (SSSR count). The summed E-state index contributed by atoms with van der Waals surface area (Å²) in [5.41, 5.74) is 2.75. The molecule has 3 aliphatic rings. The van der Waals surface area contributed by atoms with Crippen LogP contribution in [0.4, 0.5) is 9.80 Å². The number of urea groups is 1. The fourth-order valence-electron chi connectivity index (χ4n) is 5.59. The molecule has 0 saturated carbocycles. The highest BCUT2D eigenvalue weighted by Gasteiger charge is 2.62. The van der Waals surface area contributed by atoms with E-state index in [1.807, 2.05) is 48.2 Å². The van der Waals surface area contributed by atoms with Gasteiger partial charge in [-0.15, -0.1) is 11.3 Å². The smallest absolute Gasteiger partial charge is 0.319 e. The molecule has 174 valence electrons. The molecule has 1 aromatic heterocycles. The van der Waals surface area contributed by atoms with Crippen molar-refractivity contribution in [2.75, 3.05) is 25.0 Å². The third-order valence-electron chi connectivity index (χ3n) is 7.57. The van der Waals surface area contributed by atoms with Crippen LogP contribution >= 0.6 is 11.3 Å². The number of ether oxygens (including phenoxy) is 1. The highest BCUT2D eigenvalue weighted by Crippen LogP contribution is 2.66. The third kappa shape index (κ3) is 3.06. The minimum Gasteiger partial charge on any atom is -0.485 e. The van der Waals surface area contributed by atoms with Crippen LogP contribution in [0.1, 0.15) is 42.6 Å². The van der Waals surface area contributed by atoms with E-state index >= 15 is 0 Å². The number of para-hydroxylation sites is 1. The number of piperidine rings is 1. The van der Waals surface area contributed by atoms with Gasteiger partial charge in [0.1, 0.15) is 16.4 Å². The first-order chi connectivity index (χ1) is 16.5. The van der Waals surface area contributed by atoms with E-state index < -0.39 is 0 Å². The largest absolute Gasteiger partial charge is 0.485 e. The summed E-state index contributed by atoms with van der Waals surface area (Å²) in [6.45, 7) is 5.88. The van der Waals surface area contributed by atoms with Gasteiger partial charge in [-0.25, -0.2) is 4.79 Å². The van der Waals surface area contributed by atoms with Crippen LogP contribution in [0.2, 0.25) is 0 Å².